The van der Waals surface area contributed by atoms with E-state index >= 15 is 0 Å². The van der Waals surface area contributed by atoms with Crippen LogP contribution < -0.4 is 15.3 Å². The highest BCUT2D eigenvalue weighted by Crippen LogP contribution is 2.48. The lowest BCUT2D eigenvalue weighted by Crippen LogP contribution is -2.43. The molecule has 14 heteroatoms. The number of aromatic nitrogens is 2. The molecule has 1 aliphatic heterocycles. The first kappa shape index (κ1) is 25.0. The Morgan fingerprint density at radius 1 is 1.34 bits per heavy atom. The molecule has 1 saturated heterocycles. The van der Waals surface area contributed by atoms with Crippen LogP contribution in [-0.4, -0.2) is 61.7 Å². The molecule has 6 atom stereocenters. The number of para-hydroxylation sites is 1. The summed E-state index contributed by atoms with van der Waals surface area (Å²) in [6, 6.07) is 6.74. The number of furan rings is 1. The van der Waals surface area contributed by atoms with Gasteiger partial charge in [-0.1, -0.05) is 18.2 Å². The van der Waals surface area contributed by atoms with Crippen molar-refractivity contribution in [3.8, 4) is 5.75 Å². The number of anilines is 1. The third-order valence-electron chi connectivity index (χ3n) is 5.58. The molecule has 1 aliphatic rings. The molecule has 188 valence electrons. The van der Waals surface area contributed by atoms with Gasteiger partial charge in [0, 0.05) is 5.56 Å². The molecule has 0 amide bonds. The van der Waals surface area contributed by atoms with E-state index in [1.807, 2.05) is 0 Å². The Balaban J connectivity index is 1.55. The largest absolute Gasteiger partial charge is 0.480 e. The molecule has 4 rings (SSSR count). The summed E-state index contributed by atoms with van der Waals surface area (Å²) in [5.74, 6) is -1.02. The van der Waals surface area contributed by atoms with Gasteiger partial charge in [-0.15, -0.1) is 0 Å². The molecule has 1 aromatic carbocycles. The van der Waals surface area contributed by atoms with E-state index in [1.165, 1.54) is 38.6 Å². The maximum atomic E-state index is 13.4. The Labute approximate surface area is 199 Å². The van der Waals surface area contributed by atoms with E-state index in [1.54, 1.807) is 18.2 Å². The number of carbonyl (C=O) groups is 1. The SMILES string of the molecule is CC(NP(=O)(OCC1OC(c2coc3c(N)ncnc23)C(C)(O)C1O)Oc1ccccc1)C(=O)O. The van der Waals surface area contributed by atoms with Gasteiger partial charge in [0.25, 0.3) is 0 Å². The summed E-state index contributed by atoms with van der Waals surface area (Å²) >= 11 is 0. The Hall–Kier alpha value is -3.06. The molecule has 6 N–H and O–H groups in total. The van der Waals surface area contributed by atoms with Crippen molar-refractivity contribution in [3.05, 3.63) is 48.5 Å². The number of carboxylic acid groups (broad SMARTS) is 1. The van der Waals surface area contributed by atoms with Gasteiger partial charge in [0.2, 0.25) is 0 Å². The van der Waals surface area contributed by atoms with Crippen LogP contribution in [0.4, 0.5) is 5.82 Å². The Kier molecular flexibility index (Phi) is 6.82. The van der Waals surface area contributed by atoms with Crippen molar-refractivity contribution in [2.45, 2.75) is 43.8 Å². The smallest absolute Gasteiger partial charge is 0.459 e. The van der Waals surface area contributed by atoms with Gasteiger partial charge in [-0.3, -0.25) is 9.32 Å². The number of nitrogen functional groups attached to an aromatic ring is 1. The highest BCUT2D eigenvalue weighted by Gasteiger charge is 2.54. The molecule has 3 aromatic rings. The van der Waals surface area contributed by atoms with Crippen molar-refractivity contribution in [1.29, 1.82) is 0 Å². The Bertz CT molecular complexity index is 1250. The number of rotatable bonds is 9. The molecule has 2 aromatic heterocycles. The third-order valence-corrected chi connectivity index (χ3v) is 7.23. The van der Waals surface area contributed by atoms with Crippen LogP contribution in [0.25, 0.3) is 11.1 Å². The van der Waals surface area contributed by atoms with Gasteiger partial charge in [0.15, 0.2) is 11.4 Å². The summed E-state index contributed by atoms with van der Waals surface area (Å²) in [5.41, 5.74) is 4.79. The lowest BCUT2D eigenvalue weighted by Gasteiger charge is -2.26. The van der Waals surface area contributed by atoms with Crippen LogP contribution in [-0.2, 0) is 18.6 Å². The van der Waals surface area contributed by atoms with Gasteiger partial charge in [-0.05, 0) is 26.0 Å². The molecule has 0 aliphatic carbocycles. The first-order chi connectivity index (χ1) is 16.5. The van der Waals surface area contributed by atoms with E-state index in [9.17, 15) is 24.7 Å². The minimum absolute atomic E-state index is 0.0944. The highest BCUT2D eigenvalue weighted by atomic mass is 31.2. The van der Waals surface area contributed by atoms with E-state index in [2.05, 4.69) is 15.1 Å². The maximum absolute atomic E-state index is 13.4. The summed E-state index contributed by atoms with van der Waals surface area (Å²) in [5, 5.41) is 33.4. The number of hydrogen-bond acceptors (Lipinski definition) is 11. The number of nitrogens with two attached hydrogens (primary N) is 1. The fourth-order valence-corrected chi connectivity index (χ4v) is 5.19. The van der Waals surface area contributed by atoms with E-state index in [-0.39, 0.29) is 17.2 Å². The second-order valence-corrected chi connectivity index (χ2v) is 9.93. The molecule has 0 spiro atoms. The maximum Gasteiger partial charge on any atom is 0.459 e. The Morgan fingerprint density at radius 3 is 2.74 bits per heavy atom. The summed E-state index contributed by atoms with van der Waals surface area (Å²) < 4.78 is 35.6. The molecule has 35 heavy (non-hydrogen) atoms. The second kappa shape index (κ2) is 9.53. The first-order valence-corrected chi connectivity index (χ1v) is 12.1. The van der Waals surface area contributed by atoms with E-state index in [0.29, 0.717) is 11.1 Å². The minimum Gasteiger partial charge on any atom is -0.480 e. The van der Waals surface area contributed by atoms with Crippen molar-refractivity contribution >= 4 is 30.6 Å². The topological polar surface area (TPSA) is 199 Å². The minimum atomic E-state index is -4.26. The second-order valence-electron chi connectivity index (χ2n) is 8.24. The number of fused-ring (bicyclic) bond motifs is 1. The van der Waals surface area contributed by atoms with Crippen molar-refractivity contribution in [3.63, 3.8) is 0 Å². The van der Waals surface area contributed by atoms with Crippen LogP contribution in [0.5, 0.6) is 5.75 Å². The molecule has 0 saturated carbocycles. The van der Waals surface area contributed by atoms with Gasteiger partial charge < -0.3 is 34.7 Å². The Morgan fingerprint density at radius 2 is 2.06 bits per heavy atom. The van der Waals surface area contributed by atoms with Crippen molar-refractivity contribution in [1.82, 2.24) is 15.1 Å². The van der Waals surface area contributed by atoms with E-state index in [0.717, 1.165) is 0 Å². The van der Waals surface area contributed by atoms with Crippen LogP contribution in [0.3, 0.4) is 0 Å². The summed E-state index contributed by atoms with van der Waals surface area (Å²) in [4.78, 5) is 19.3. The number of benzene rings is 1. The number of aliphatic hydroxyl groups excluding tert-OH is 1. The molecule has 0 radical (unpaired) electrons. The van der Waals surface area contributed by atoms with Crippen molar-refractivity contribution in [2.75, 3.05) is 12.3 Å². The lowest BCUT2D eigenvalue weighted by atomic mass is 9.89. The normalized spacial score (nSPS) is 26.9. The highest BCUT2D eigenvalue weighted by molar-refractivity contribution is 7.52. The summed E-state index contributed by atoms with van der Waals surface area (Å²) in [7, 11) is -4.26. The number of hydrogen-bond donors (Lipinski definition) is 5. The van der Waals surface area contributed by atoms with Crippen molar-refractivity contribution in [2.24, 2.45) is 0 Å². The summed E-state index contributed by atoms with van der Waals surface area (Å²) in [6.07, 6.45) is -1.25. The molecule has 0 bridgehead atoms. The first-order valence-electron chi connectivity index (χ1n) is 10.5. The van der Waals surface area contributed by atoms with Crippen LogP contribution in [0, 0.1) is 0 Å². The quantitative estimate of drug-likeness (QED) is 0.261. The molecule has 1 fully saturated rings. The van der Waals surface area contributed by atoms with Gasteiger partial charge >= 0.3 is 13.7 Å². The van der Waals surface area contributed by atoms with E-state index < -0.39 is 50.3 Å². The number of aliphatic carboxylic acids is 1. The molecular formula is C21H25N4O9P. The fourth-order valence-electron chi connectivity index (χ4n) is 3.68. The predicted octanol–water partition coefficient (Wildman–Crippen LogP) is 1.62. The van der Waals surface area contributed by atoms with E-state index in [4.69, 9.17) is 23.9 Å². The fraction of sp³-hybridized carbons (Fsp3) is 0.381. The zero-order valence-corrected chi connectivity index (χ0v) is 19.7. The van der Waals surface area contributed by atoms with Gasteiger partial charge in [-0.2, -0.15) is 5.09 Å². The zero-order valence-electron chi connectivity index (χ0n) is 18.8. The summed E-state index contributed by atoms with van der Waals surface area (Å²) in [6.45, 7) is 2.12. The standard InChI is InChI=1S/C21H25N4O9P/c1-11(20(27)28)25-35(30,34-12-6-4-3-5-7-12)32-9-14-17(26)21(2,29)18(33-14)13-8-31-16-15(13)23-10-24-19(16)22/h3-8,10-11,14,17-18,26,29H,9H2,1-2H3,(H,25,30)(H,27,28)(H2,22,23,24). The van der Waals surface area contributed by atoms with Gasteiger partial charge in [0.1, 0.15) is 47.5 Å². The average Bonchev–Trinajstić information content (AvgIpc) is 3.32. The number of aliphatic hydroxyl groups is 2. The molecule has 6 unspecified atom stereocenters. The van der Waals surface area contributed by atoms with Crippen LogP contribution >= 0.6 is 7.75 Å². The number of carboxylic acids is 1. The molecule has 3 heterocycles. The van der Waals surface area contributed by atoms with Crippen LogP contribution in [0.1, 0.15) is 25.5 Å². The average molecular weight is 508 g/mol. The van der Waals surface area contributed by atoms with Crippen LogP contribution in [0.2, 0.25) is 0 Å². The lowest BCUT2D eigenvalue weighted by molar-refractivity contribution is -0.138. The molecular weight excluding hydrogens is 483 g/mol. The van der Waals surface area contributed by atoms with Gasteiger partial charge in [0.05, 0.1) is 12.9 Å². The predicted molar refractivity (Wildman–Crippen MR) is 121 cm³/mol. The monoisotopic (exact) mass is 508 g/mol. The third kappa shape index (κ3) is 5.01. The zero-order chi connectivity index (χ0) is 25.4. The van der Waals surface area contributed by atoms with Gasteiger partial charge in [-0.25, -0.2) is 14.5 Å². The number of ether oxygens (including phenoxy) is 1. The molecule has 13 nitrogen and oxygen atoms in total. The van der Waals surface area contributed by atoms with Crippen molar-refractivity contribution < 1.29 is 42.9 Å². The number of nitrogens with one attached hydrogen (secondary N) is 1. The van der Waals surface area contributed by atoms with Crippen LogP contribution in [0.15, 0.2) is 47.3 Å². The number of nitrogens with zero attached hydrogens (tertiary/aromatic N) is 2.